The summed E-state index contributed by atoms with van der Waals surface area (Å²) in [6.45, 7) is 1.99. The van der Waals surface area contributed by atoms with Crippen molar-refractivity contribution < 1.29 is 14.3 Å². The van der Waals surface area contributed by atoms with Crippen LogP contribution >= 0.6 is 0 Å². The van der Waals surface area contributed by atoms with Crippen molar-refractivity contribution in [3.05, 3.63) is 162 Å². The zero-order valence-electron chi connectivity index (χ0n) is 24.0. The van der Waals surface area contributed by atoms with Gasteiger partial charge < -0.3 is 5.11 Å². The molecule has 1 aliphatic carbocycles. The monoisotopic (exact) mass is 580 g/mol. The van der Waals surface area contributed by atoms with E-state index in [1.165, 1.54) is 12.1 Å². The largest absolute Gasteiger partial charge is 0.478 e. The van der Waals surface area contributed by atoms with Gasteiger partial charge in [-0.3, -0.25) is 9.08 Å². The molecule has 0 amide bonds. The molecule has 6 aromatic rings. The molecular weight excluding hydrogens is 551 g/mol. The number of allylic oxidation sites excluding steroid dienone is 4. The molecule has 1 atom stereocenters. The molecule has 3 aromatic carbocycles. The van der Waals surface area contributed by atoms with Crippen LogP contribution in [0.4, 0.5) is 4.39 Å². The molecule has 0 aliphatic heterocycles. The number of nitrogens with zero attached hydrogens (tertiary/aromatic N) is 4. The summed E-state index contributed by atoms with van der Waals surface area (Å²) in [4.78, 5) is 15.5. The predicted molar refractivity (Wildman–Crippen MR) is 169 cm³/mol. The van der Waals surface area contributed by atoms with Crippen molar-refractivity contribution in [2.45, 2.75) is 18.9 Å². The Balaban J connectivity index is 1.41. The van der Waals surface area contributed by atoms with Crippen LogP contribution in [-0.4, -0.2) is 30.2 Å². The number of pyridine rings is 1. The van der Waals surface area contributed by atoms with Gasteiger partial charge in [0.1, 0.15) is 16.9 Å². The summed E-state index contributed by atoms with van der Waals surface area (Å²) in [6.07, 6.45) is 13.5. The third kappa shape index (κ3) is 4.45. The molecule has 6 nitrogen and oxygen atoms in total. The van der Waals surface area contributed by atoms with Gasteiger partial charge in [0.2, 0.25) is 5.95 Å². The number of aromatic nitrogens is 4. The highest BCUT2D eigenvalue weighted by molar-refractivity contribution is 5.88. The average Bonchev–Trinajstić information content (AvgIpc) is 3.61. The summed E-state index contributed by atoms with van der Waals surface area (Å²) in [5.41, 5.74) is 5.63. The number of halogens is 1. The number of fused-ring (bicyclic) bond motifs is 1. The minimum absolute atomic E-state index is 0.0926. The second-order valence-electron chi connectivity index (χ2n) is 11.0. The molecule has 7 heteroatoms. The van der Waals surface area contributed by atoms with E-state index in [0.29, 0.717) is 11.2 Å². The molecule has 3 heterocycles. The fraction of sp³-hybridized carbons (Fsp3) is 0.108. The molecule has 1 N–H and O–H groups in total. The number of rotatable bonds is 7. The minimum atomic E-state index is -1.04. The third-order valence-electron chi connectivity index (χ3n) is 8.50. The lowest BCUT2D eigenvalue weighted by Crippen LogP contribution is -2.43. The Morgan fingerprint density at radius 2 is 1.52 bits per heavy atom. The Labute approximate surface area is 254 Å². The Hall–Kier alpha value is -5.56. The molecule has 3 aromatic heterocycles. The number of aryl methyl sites for hydroxylation is 1. The summed E-state index contributed by atoms with van der Waals surface area (Å²) >= 11 is 0. The van der Waals surface area contributed by atoms with Crippen LogP contribution in [0.15, 0.2) is 134 Å². The van der Waals surface area contributed by atoms with E-state index in [-0.39, 0.29) is 17.2 Å². The molecule has 7 rings (SSSR count). The number of carboxylic acid groups (broad SMARTS) is 1. The number of carbonyl (C=O) groups is 1. The molecule has 0 saturated carbocycles. The van der Waals surface area contributed by atoms with Crippen LogP contribution in [0.3, 0.4) is 0 Å². The smallest absolute Gasteiger partial charge is 0.335 e. The van der Waals surface area contributed by atoms with Gasteiger partial charge in [0, 0.05) is 35.0 Å². The fourth-order valence-electron chi connectivity index (χ4n) is 6.43. The Kier molecular flexibility index (Phi) is 6.78. The number of imidazole rings is 1. The van der Waals surface area contributed by atoms with Crippen molar-refractivity contribution in [3.63, 3.8) is 0 Å². The maximum Gasteiger partial charge on any atom is 0.335 e. The van der Waals surface area contributed by atoms with Crippen molar-refractivity contribution in [1.82, 2.24) is 19.2 Å². The zero-order valence-corrected chi connectivity index (χ0v) is 24.0. The van der Waals surface area contributed by atoms with Crippen molar-refractivity contribution in [3.8, 4) is 22.4 Å². The summed E-state index contributed by atoms with van der Waals surface area (Å²) in [7, 11) is 0. The second kappa shape index (κ2) is 10.9. The van der Waals surface area contributed by atoms with Crippen LogP contribution < -0.4 is 0 Å². The van der Waals surface area contributed by atoms with E-state index in [4.69, 9.17) is 5.10 Å². The quantitative estimate of drug-likeness (QED) is 0.208. The van der Waals surface area contributed by atoms with Gasteiger partial charge in [-0.2, -0.15) is 14.5 Å². The molecule has 0 radical (unpaired) electrons. The first-order valence-corrected chi connectivity index (χ1v) is 14.5. The molecule has 0 spiro atoms. The van der Waals surface area contributed by atoms with E-state index in [2.05, 4.69) is 88.7 Å². The van der Waals surface area contributed by atoms with Gasteiger partial charge in [-0.1, -0.05) is 97.1 Å². The summed E-state index contributed by atoms with van der Waals surface area (Å²) < 4.78 is 19.0. The van der Waals surface area contributed by atoms with Crippen molar-refractivity contribution in [2.75, 3.05) is 0 Å². The molecule has 0 bridgehead atoms. The van der Waals surface area contributed by atoms with Gasteiger partial charge in [0.15, 0.2) is 0 Å². The minimum Gasteiger partial charge on any atom is -0.478 e. The van der Waals surface area contributed by atoms with E-state index in [0.717, 1.165) is 34.4 Å². The second-order valence-corrected chi connectivity index (χ2v) is 11.0. The van der Waals surface area contributed by atoms with Crippen molar-refractivity contribution in [2.24, 2.45) is 5.92 Å². The highest BCUT2D eigenvalue weighted by Crippen LogP contribution is 2.45. The van der Waals surface area contributed by atoms with E-state index in [1.54, 1.807) is 22.6 Å². The zero-order chi connectivity index (χ0) is 30.3. The summed E-state index contributed by atoms with van der Waals surface area (Å²) in [6, 6.07) is 30.9. The van der Waals surface area contributed by atoms with E-state index >= 15 is 4.39 Å². The van der Waals surface area contributed by atoms with Gasteiger partial charge in [-0.15, -0.1) is 0 Å². The first-order chi connectivity index (χ1) is 21.5. The number of aromatic carboxylic acids is 1. The Bertz CT molecular complexity index is 2000. The van der Waals surface area contributed by atoms with Gasteiger partial charge in [-0.25, -0.2) is 4.79 Å². The lowest BCUT2D eigenvalue weighted by molar-refractivity contribution is 0.0697. The maximum atomic E-state index is 15.2. The van der Waals surface area contributed by atoms with Crippen LogP contribution in [0.1, 0.15) is 33.6 Å². The molecule has 44 heavy (non-hydrogen) atoms. The maximum absolute atomic E-state index is 15.2. The lowest BCUT2D eigenvalue weighted by atomic mass is 9.70. The normalized spacial score (nSPS) is 14.7. The van der Waals surface area contributed by atoms with Gasteiger partial charge >= 0.3 is 5.97 Å². The highest BCUT2D eigenvalue weighted by atomic mass is 19.1. The Morgan fingerprint density at radius 3 is 2.14 bits per heavy atom. The number of hydrogen-bond donors (Lipinski definition) is 1. The van der Waals surface area contributed by atoms with E-state index in [9.17, 15) is 9.90 Å². The fourth-order valence-corrected chi connectivity index (χ4v) is 6.43. The number of carboxylic acids is 1. The predicted octanol–water partition coefficient (Wildman–Crippen LogP) is 7.93. The molecule has 1 aliphatic rings. The first-order valence-electron chi connectivity index (χ1n) is 14.5. The molecular formula is C37H29FN4O2. The molecule has 0 fully saturated rings. The van der Waals surface area contributed by atoms with Crippen LogP contribution in [0, 0.1) is 18.8 Å². The topological polar surface area (TPSA) is 72.4 Å². The average molecular weight is 581 g/mol. The lowest BCUT2D eigenvalue weighted by Gasteiger charge is -2.41. The van der Waals surface area contributed by atoms with Gasteiger partial charge in [-0.05, 0) is 48.7 Å². The van der Waals surface area contributed by atoms with E-state index in [1.807, 2.05) is 31.3 Å². The van der Waals surface area contributed by atoms with Crippen LogP contribution in [0.5, 0.6) is 0 Å². The van der Waals surface area contributed by atoms with Crippen molar-refractivity contribution in [1.29, 1.82) is 0 Å². The molecule has 0 saturated heterocycles. The van der Waals surface area contributed by atoms with Gasteiger partial charge in [0.05, 0.1) is 11.3 Å². The Morgan fingerprint density at radius 1 is 0.864 bits per heavy atom. The highest BCUT2D eigenvalue weighted by Gasteiger charge is 2.44. The number of benzene rings is 3. The van der Waals surface area contributed by atoms with Crippen LogP contribution in [-0.2, 0) is 5.54 Å². The molecule has 1 unspecified atom stereocenters. The summed E-state index contributed by atoms with van der Waals surface area (Å²) in [5.74, 6) is -1.57. The van der Waals surface area contributed by atoms with E-state index < -0.39 is 17.5 Å². The SMILES string of the molecule is Cc1nn(C(c2ccccc2)(c2ccccc2)C2C=CC=CC2)cc1-c1ccc2nc(F)c(-c3ccc(C(=O)O)cc3)n2c1. The third-order valence-corrected chi connectivity index (χ3v) is 8.50. The van der Waals surface area contributed by atoms with Crippen molar-refractivity contribution >= 4 is 11.6 Å². The standard InChI is InChI=1S/C37H29FN4O2/c1-25-32(28-21-22-33-39-35(38)34(41(33)23-28)26-17-19-27(20-18-26)36(43)44)24-42(40-25)37(29-11-5-2-6-12-29,30-13-7-3-8-14-30)31-15-9-4-10-16-31/h2-15,17-24,31H,16H2,1H3,(H,43,44). The van der Waals surface area contributed by atoms with Crippen LogP contribution in [0.25, 0.3) is 28.0 Å². The first kappa shape index (κ1) is 27.3. The molecule has 216 valence electrons. The number of hydrogen-bond acceptors (Lipinski definition) is 3. The van der Waals surface area contributed by atoms with Gasteiger partial charge in [0.25, 0.3) is 0 Å². The van der Waals surface area contributed by atoms with Crippen LogP contribution in [0.2, 0.25) is 0 Å². The summed E-state index contributed by atoms with van der Waals surface area (Å²) in [5, 5.41) is 14.5.